The molecule has 0 heterocycles. The van der Waals surface area contributed by atoms with Crippen molar-refractivity contribution in [2.24, 2.45) is 29.1 Å². The van der Waals surface area contributed by atoms with Crippen molar-refractivity contribution in [1.82, 2.24) is 0 Å². The van der Waals surface area contributed by atoms with E-state index in [2.05, 4.69) is 39.2 Å². The topological polar surface area (TPSA) is 57.5 Å². The van der Waals surface area contributed by atoms with E-state index in [1.54, 1.807) is 5.57 Å². The summed E-state index contributed by atoms with van der Waals surface area (Å²) in [4.78, 5) is 11.8. The lowest BCUT2D eigenvalue weighted by Crippen LogP contribution is -2.36. The molecule has 3 heteroatoms. The van der Waals surface area contributed by atoms with E-state index < -0.39 is 12.2 Å². The summed E-state index contributed by atoms with van der Waals surface area (Å²) in [7, 11) is 0. The van der Waals surface area contributed by atoms with E-state index >= 15 is 0 Å². The Morgan fingerprint density at radius 2 is 1.91 bits per heavy atom. The molecule has 2 N–H and O–H groups in total. The number of rotatable bonds is 4. The molecule has 4 rings (SSSR count). The van der Waals surface area contributed by atoms with Crippen LogP contribution in [0.15, 0.2) is 47.6 Å². The number of aliphatic hydroxyl groups excluding tert-OH is 2. The number of carbonyl (C=O) groups is 1. The molecule has 0 saturated heterocycles. The molecule has 0 bridgehead atoms. The van der Waals surface area contributed by atoms with Gasteiger partial charge < -0.3 is 10.2 Å². The predicted octanol–water partition coefficient (Wildman–Crippen LogP) is 6.08. The van der Waals surface area contributed by atoms with Crippen LogP contribution in [-0.4, -0.2) is 28.2 Å². The zero-order valence-electron chi connectivity index (χ0n) is 20.1. The summed E-state index contributed by atoms with van der Waals surface area (Å²) in [5.74, 6) is 2.95. The van der Waals surface area contributed by atoms with Gasteiger partial charge in [0.25, 0.3) is 0 Å². The van der Waals surface area contributed by atoms with Crippen LogP contribution in [0.1, 0.15) is 84.5 Å². The van der Waals surface area contributed by atoms with Gasteiger partial charge in [0.2, 0.25) is 0 Å². The lowest BCUT2D eigenvalue weighted by Gasteiger charge is -2.45. The Balaban J connectivity index is 1.46. The Kier molecular flexibility index (Phi) is 6.98. The monoisotopic (exact) mass is 438 g/mol. The number of hydrogen-bond donors (Lipinski definition) is 2. The third-order valence-electron chi connectivity index (χ3n) is 9.40. The summed E-state index contributed by atoms with van der Waals surface area (Å²) in [5.41, 5.74) is 4.54. The summed E-state index contributed by atoms with van der Waals surface area (Å²) in [6, 6.07) is 0. The van der Waals surface area contributed by atoms with Crippen molar-refractivity contribution in [2.75, 3.05) is 0 Å². The van der Waals surface area contributed by atoms with Crippen LogP contribution in [0, 0.1) is 29.1 Å². The van der Waals surface area contributed by atoms with Crippen molar-refractivity contribution in [3.63, 3.8) is 0 Å². The maximum Gasteiger partial charge on any atom is 0.158 e. The molecule has 0 amide bonds. The molecule has 0 aliphatic heterocycles. The number of fused-ring (bicyclic) bond motifs is 1. The average molecular weight is 439 g/mol. The summed E-state index contributed by atoms with van der Waals surface area (Å²) in [6.45, 7) is 13.1. The van der Waals surface area contributed by atoms with Gasteiger partial charge in [0.05, 0.1) is 12.2 Å². The molecule has 7 atom stereocenters. The number of carbonyl (C=O) groups excluding carboxylic acids is 1. The van der Waals surface area contributed by atoms with Gasteiger partial charge >= 0.3 is 0 Å². The van der Waals surface area contributed by atoms with Gasteiger partial charge in [0.15, 0.2) is 5.78 Å². The number of hydrogen-bond acceptors (Lipinski definition) is 3. The molecular formula is C29H42O3. The van der Waals surface area contributed by atoms with Crippen LogP contribution in [0.5, 0.6) is 0 Å². The molecule has 0 aromatic heterocycles. The predicted molar refractivity (Wildman–Crippen MR) is 130 cm³/mol. The first-order valence-corrected chi connectivity index (χ1v) is 12.8. The van der Waals surface area contributed by atoms with Gasteiger partial charge in [-0.15, -0.1) is 0 Å². The fourth-order valence-electron chi connectivity index (χ4n) is 7.65. The Labute approximate surface area is 194 Å². The van der Waals surface area contributed by atoms with Crippen molar-refractivity contribution in [3.8, 4) is 0 Å². The highest BCUT2D eigenvalue weighted by Gasteiger charge is 2.50. The first kappa shape index (κ1) is 23.7. The molecule has 4 fully saturated rings. The second-order valence-corrected chi connectivity index (χ2v) is 11.5. The second kappa shape index (κ2) is 9.43. The van der Waals surface area contributed by atoms with Gasteiger partial charge in [-0.05, 0) is 104 Å². The van der Waals surface area contributed by atoms with E-state index in [4.69, 9.17) is 0 Å². The van der Waals surface area contributed by atoms with Crippen LogP contribution >= 0.6 is 0 Å². The minimum absolute atomic E-state index is 0.277. The molecule has 0 radical (unpaired) electrons. The highest BCUT2D eigenvalue weighted by molar-refractivity contribution is 5.95. The average Bonchev–Trinajstić information content (AvgIpc) is 3.10. The lowest BCUT2D eigenvalue weighted by atomic mass is 9.60. The first-order valence-electron chi connectivity index (χ1n) is 12.8. The van der Waals surface area contributed by atoms with Gasteiger partial charge in [-0.1, -0.05) is 44.7 Å². The standard InChI is InChI=1S/C29H42O3/c1-18(14-21-7-12-27(31)19(2)15-21)25-10-11-26-22(6-5-13-29(25,26)4)8-9-23-16-24(30)17-28(32)20(23)3/h8-9,18,21,24-26,28,30,32H,2-3,5-7,10-17H2,1,4H3/b22-8+,23-9-/t18-,21?,24-,25-,26?,28+,29-/m1/s1. The van der Waals surface area contributed by atoms with Gasteiger partial charge in [0.1, 0.15) is 0 Å². The summed E-state index contributed by atoms with van der Waals surface area (Å²) < 4.78 is 0. The normalized spacial score (nSPS) is 41.9. The van der Waals surface area contributed by atoms with Crippen molar-refractivity contribution in [2.45, 2.75) is 96.7 Å². The molecule has 176 valence electrons. The molecule has 0 aromatic carbocycles. The van der Waals surface area contributed by atoms with Crippen molar-refractivity contribution in [3.05, 3.63) is 47.6 Å². The Bertz CT molecular complexity index is 833. The minimum atomic E-state index is -0.622. The van der Waals surface area contributed by atoms with E-state index in [1.165, 1.54) is 32.1 Å². The summed E-state index contributed by atoms with van der Waals surface area (Å²) >= 11 is 0. The summed E-state index contributed by atoms with van der Waals surface area (Å²) in [5, 5.41) is 20.2. The quantitative estimate of drug-likeness (QED) is 0.523. The smallest absolute Gasteiger partial charge is 0.158 e. The second-order valence-electron chi connectivity index (χ2n) is 11.5. The SMILES string of the molecule is C=C1CC(C[C@@H](C)[C@H]2CCC3/C(=C/C=C4/C[C@@H](O)C[C@H](O)C4=C)CCC[C@@]32C)CCC1=O. The molecule has 2 unspecified atom stereocenters. The minimum Gasteiger partial charge on any atom is -0.393 e. The van der Waals surface area contributed by atoms with E-state index in [0.717, 1.165) is 41.9 Å². The highest BCUT2D eigenvalue weighted by Crippen LogP contribution is 2.60. The maximum absolute atomic E-state index is 11.8. The Morgan fingerprint density at radius 1 is 1.12 bits per heavy atom. The molecule has 0 spiro atoms. The zero-order valence-corrected chi connectivity index (χ0v) is 20.1. The third kappa shape index (κ3) is 4.61. The number of Topliss-reactive ketones (excluding diaryl/α,β-unsaturated/α-hetero) is 1. The van der Waals surface area contributed by atoms with Gasteiger partial charge in [-0.2, -0.15) is 0 Å². The maximum atomic E-state index is 11.8. The first-order chi connectivity index (χ1) is 15.2. The number of aliphatic hydroxyl groups is 2. The molecule has 4 aliphatic rings. The van der Waals surface area contributed by atoms with Crippen molar-refractivity contribution in [1.29, 1.82) is 0 Å². The molecular weight excluding hydrogens is 396 g/mol. The fraction of sp³-hybridized carbons (Fsp3) is 0.690. The van der Waals surface area contributed by atoms with Crippen LogP contribution in [-0.2, 0) is 4.79 Å². The van der Waals surface area contributed by atoms with Crippen molar-refractivity contribution < 1.29 is 15.0 Å². The summed E-state index contributed by atoms with van der Waals surface area (Å²) in [6.07, 6.45) is 14.5. The third-order valence-corrected chi connectivity index (χ3v) is 9.40. The highest BCUT2D eigenvalue weighted by atomic mass is 16.3. The van der Waals surface area contributed by atoms with E-state index in [0.29, 0.717) is 42.4 Å². The van der Waals surface area contributed by atoms with E-state index in [1.807, 2.05) is 0 Å². The van der Waals surface area contributed by atoms with Gasteiger partial charge in [0, 0.05) is 12.8 Å². The van der Waals surface area contributed by atoms with Crippen LogP contribution in [0.25, 0.3) is 0 Å². The van der Waals surface area contributed by atoms with E-state index in [9.17, 15) is 15.0 Å². The number of allylic oxidation sites excluding steroid dienone is 4. The van der Waals surface area contributed by atoms with Crippen LogP contribution in [0.3, 0.4) is 0 Å². The lowest BCUT2D eigenvalue weighted by molar-refractivity contribution is -0.117. The largest absolute Gasteiger partial charge is 0.393 e. The molecule has 4 aliphatic carbocycles. The van der Waals surface area contributed by atoms with Crippen LogP contribution < -0.4 is 0 Å². The van der Waals surface area contributed by atoms with Crippen LogP contribution in [0.4, 0.5) is 0 Å². The molecule has 0 aromatic rings. The van der Waals surface area contributed by atoms with Crippen LogP contribution in [0.2, 0.25) is 0 Å². The fourth-order valence-corrected chi connectivity index (χ4v) is 7.65. The van der Waals surface area contributed by atoms with E-state index in [-0.39, 0.29) is 5.78 Å². The Hall–Kier alpha value is -1.45. The number of ketones is 1. The molecule has 4 saturated carbocycles. The zero-order chi connectivity index (χ0) is 23.0. The molecule has 32 heavy (non-hydrogen) atoms. The Morgan fingerprint density at radius 3 is 2.66 bits per heavy atom. The van der Waals surface area contributed by atoms with Gasteiger partial charge in [-0.3, -0.25) is 4.79 Å². The molecule has 3 nitrogen and oxygen atoms in total. The van der Waals surface area contributed by atoms with Crippen molar-refractivity contribution >= 4 is 5.78 Å². The van der Waals surface area contributed by atoms with Gasteiger partial charge in [-0.25, -0.2) is 0 Å².